The molecule has 0 aliphatic heterocycles. The predicted molar refractivity (Wildman–Crippen MR) is 106 cm³/mol. The maximum Gasteiger partial charge on any atom is 0.271 e. The molecule has 1 heterocycles. The Bertz CT molecular complexity index is 1020. The second kappa shape index (κ2) is 8.53. The number of methoxy groups -OCH3 is 2. The molecule has 2 N–H and O–H groups in total. The molecule has 2 aromatic carbocycles. The zero-order valence-electron chi connectivity index (χ0n) is 15.2. The summed E-state index contributed by atoms with van der Waals surface area (Å²) in [5, 5.41) is 17.1. The zero-order chi connectivity index (χ0) is 20.1. The van der Waals surface area contributed by atoms with Crippen LogP contribution in [0.3, 0.4) is 0 Å². The number of nitrogens with zero attached hydrogens (tertiary/aromatic N) is 2. The van der Waals surface area contributed by atoms with E-state index in [1.807, 2.05) is 6.07 Å². The third kappa shape index (κ3) is 4.46. The molecule has 1 aromatic heterocycles. The summed E-state index contributed by atoms with van der Waals surface area (Å²) in [4.78, 5) is 26.7. The number of hydrogen-bond donors (Lipinski definition) is 2. The smallest absolute Gasteiger partial charge is 0.271 e. The second-order valence-corrected chi connectivity index (χ2v) is 6.78. The summed E-state index contributed by atoms with van der Waals surface area (Å²) in [6, 6.07) is 9.91. The number of carbonyl (C=O) groups excluding carboxylic acids is 1. The molecule has 9 nitrogen and oxygen atoms in total. The Hall–Kier alpha value is -3.40. The second-order valence-electron chi connectivity index (χ2n) is 5.75. The summed E-state index contributed by atoms with van der Waals surface area (Å²) >= 11 is 1.33. The number of amides is 1. The largest absolute Gasteiger partial charge is 0.493 e. The number of anilines is 1. The van der Waals surface area contributed by atoms with Crippen LogP contribution in [0.2, 0.25) is 0 Å². The van der Waals surface area contributed by atoms with Crippen LogP contribution in [0.4, 0.5) is 10.8 Å². The van der Waals surface area contributed by atoms with E-state index in [2.05, 4.69) is 15.6 Å². The fourth-order valence-electron chi connectivity index (χ4n) is 2.51. The topological polar surface area (TPSA) is 116 Å². The average Bonchev–Trinajstić information content (AvgIpc) is 3.12. The molecule has 3 aromatic rings. The number of nitro groups is 1. The fraction of sp³-hybridized carbons (Fsp3) is 0.222. The lowest BCUT2D eigenvalue weighted by Crippen LogP contribution is -2.29. The van der Waals surface area contributed by atoms with Crippen molar-refractivity contribution in [3.63, 3.8) is 0 Å². The van der Waals surface area contributed by atoms with Gasteiger partial charge in [-0.3, -0.25) is 14.9 Å². The van der Waals surface area contributed by atoms with E-state index < -0.39 is 4.92 Å². The van der Waals surface area contributed by atoms with Gasteiger partial charge >= 0.3 is 0 Å². The van der Waals surface area contributed by atoms with Crippen molar-refractivity contribution in [2.24, 2.45) is 0 Å². The number of benzene rings is 2. The van der Waals surface area contributed by atoms with Crippen LogP contribution in [0.5, 0.6) is 11.5 Å². The first-order chi connectivity index (χ1) is 13.5. The van der Waals surface area contributed by atoms with Gasteiger partial charge in [-0.25, -0.2) is 4.98 Å². The number of nitrogens with one attached hydrogen (secondary N) is 2. The highest BCUT2D eigenvalue weighted by molar-refractivity contribution is 7.22. The molecule has 3 rings (SSSR count). The first kappa shape index (κ1) is 19.4. The third-order valence-corrected chi connectivity index (χ3v) is 4.91. The maximum absolute atomic E-state index is 12.1. The van der Waals surface area contributed by atoms with Gasteiger partial charge in [-0.1, -0.05) is 17.4 Å². The van der Waals surface area contributed by atoms with Gasteiger partial charge in [0.1, 0.15) is 0 Å². The first-order valence-electron chi connectivity index (χ1n) is 8.26. The van der Waals surface area contributed by atoms with Gasteiger partial charge in [0, 0.05) is 18.7 Å². The average molecular weight is 402 g/mol. The Labute approximate surface area is 164 Å². The molecule has 0 saturated carbocycles. The van der Waals surface area contributed by atoms with Crippen molar-refractivity contribution in [2.75, 3.05) is 26.1 Å². The minimum absolute atomic E-state index is 0.0167. The standard InChI is InChI=1S/C18H18N4O5S/c1-26-14-5-3-11(7-15(14)27-2)9-19-17(23)10-20-18-21-13-8-12(22(24)25)4-6-16(13)28-18/h3-8H,9-10H2,1-2H3,(H,19,23)(H,20,21). The van der Waals surface area contributed by atoms with Crippen molar-refractivity contribution < 1.29 is 19.2 Å². The number of thiazole rings is 1. The molecule has 0 unspecified atom stereocenters. The minimum Gasteiger partial charge on any atom is -0.493 e. The van der Waals surface area contributed by atoms with Gasteiger partial charge in [-0.15, -0.1) is 0 Å². The lowest BCUT2D eigenvalue weighted by Gasteiger charge is -2.10. The molecule has 28 heavy (non-hydrogen) atoms. The summed E-state index contributed by atoms with van der Waals surface area (Å²) < 4.78 is 11.2. The highest BCUT2D eigenvalue weighted by atomic mass is 32.1. The van der Waals surface area contributed by atoms with E-state index in [9.17, 15) is 14.9 Å². The van der Waals surface area contributed by atoms with E-state index in [4.69, 9.17) is 9.47 Å². The molecule has 0 atom stereocenters. The Morgan fingerprint density at radius 1 is 1.18 bits per heavy atom. The van der Waals surface area contributed by atoms with Crippen LogP contribution in [-0.4, -0.2) is 36.6 Å². The van der Waals surface area contributed by atoms with Gasteiger partial charge in [-0.05, 0) is 23.8 Å². The van der Waals surface area contributed by atoms with Crippen molar-refractivity contribution in [3.05, 3.63) is 52.1 Å². The summed E-state index contributed by atoms with van der Waals surface area (Å²) in [5.74, 6) is 1.01. The molecule has 1 amide bonds. The maximum atomic E-state index is 12.1. The van der Waals surface area contributed by atoms with E-state index in [1.54, 1.807) is 32.4 Å². The van der Waals surface area contributed by atoms with Crippen molar-refractivity contribution in [1.29, 1.82) is 0 Å². The number of fused-ring (bicyclic) bond motifs is 1. The summed E-state index contributed by atoms with van der Waals surface area (Å²) in [6.45, 7) is 0.377. The number of hydrogen-bond acceptors (Lipinski definition) is 8. The highest BCUT2D eigenvalue weighted by Crippen LogP contribution is 2.29. The quantitative estimate of drug-likeness (QED) is 0.440. The van der Waals surface area contributed by atoms with Crippen molar-refractivity contribution in [2.45, 2.75) is 6.54 Å². The van der Waals surface area contributed by atoms with Crippen LogP contribution < -0.4 is 20.1 Å². The van der Waals surface area contributed by atoms with E-state index in [0.717, 1.165) is 10.3 Å². The number of ether oxygens (including phenoxy) is 2. The lowest BCUT2D eigenvalue weighted by molar-refractivity contribution is -0.384. The van der Waals surface area contributed by atoms with Gasteiger partial charge in [0.05, 0.1) is 35.9 Å². The Kier molecular flexibility index (Phi) is 5.90. The number of rotatable bonds is 8. The van der Waals surface area contributed by atoms with Crippen LogP contribution >= 0.6 is 11.3 Å². The number of non-ortho nitro benzene ring substituents is 1. The SMILES string of the molecule is COc1ccc(CNC(=O)CNc2nc3cc([N+](=O)[O-])ccc3s2)cc1OC. The van der Waals surface area contributed by atoms with Gasteiger partial charge in [0.25, 0.3) is 5.69 Å². The van der Waals surface area contributed by atoms with Gasteiger partial charge in [-0.2, -0.15) is 0 Å². The normalized spacial score (nSPS) is 10.5. The molecule has 0 saturated heterocycles. The van der Waals surface area contributed by atoms with E-state index in [-0.39, 0.29) is 18.1 Å². The van der Waals surface area contributed by atoms with E-state index in [1.165, 1.54) is 23.5 Å². The molecule has 0 aliphatic carbocycles. The van der Waals surface area contributed by atoms with Crippen LogP contribution in [0.25, 0.3) is 10.2 Å². The van der Waals surface area contributed by atoms with Crippen molar-refractivity contribution in [1.82, 2.24) is 10.3 Å². The predicted octanol–water partition coefficient (Wildman–Crippen LogP) is 2.95. The van der Waals surface area contributed by atoms with Crippen LogP contribution in [0.15, 0.2) is 36.4 Å². The van der Waals surface area contributed by atoms with Crippen molar-refractivity contribution in [3.8, 4) is 11.5 Å². The zero-order valence-corrected chi connectivity index (χ0v) is 16.0. The summed E-state index contributed by atoms with van der Waals surface area (Å²) in [6.07, 6.45) is 0. The number of nitro benzene ring substituents is 1. The van der Waals surface area contributed by atoms with Gasteiger partial charge < -0.3 is 20.1 Å². The summed E-state index contributed by atoms with van der Waals surface area (Å²) in [7, 11) is 3.11. The van der Waals surface area contributed by atoms with E-state index in [0.29, 0.717) is 28.7 Å². The van der Waals surface area contributed by atoms with Crippen LogP contribution in [0.1, 0.15) is 5.56 Å². The number of aromatic nitrogens is 1. The monoisotopic (exact) mass is 402 g/mol. The van der Waals surface area contributed by atoms with Crippen LogP contribution in [-0.2, 0) is 11.3 Å². The molecular weight excluding hydrogens is 384 g/mol. The van der Waals surface area contributed by atoms with E-state index >= 15 is 0 Å². The fourth-order valence-corrected chi connectivity index (χ4v) is 3.36. The molecule has 0 spiro atoms. The van der Waals surface area contributed by atoms with Gasteiger partial charge in [0.2, 0.25) is 5.91 Å². The Morgan fingerprint density at radius 3 is 2.68 bits per heavy atom. The molecule has 146 valence electrons. The lowest BCUT2D eigenvalue weighted by atomic mass is 10.2. The first-order valence-corrected chi connectivity index (χ1v) is 9.08. The van der Waals surface area contributed by atoms with Crippen LogP contribution in [0, 0.1) is 10.1 Å². The summed E-state index contributed by atoms with van der Waals surface area (Å²) in [5.41, 5.74) is 1.38. The van der Waals surface area contributed by atoms with Crippen molar-refractivity contribution >= 4 is 38.3 Å². The Morgan fingerprint density at radius 2 is 1.96 bits per heavy atom. The molecule has 0 bridgehead atoms. The highest BCUT2D eigenvalue weighted by Gasteiger charge is 2.11. The molecule has 0 aliphatic rings. The molecule has 10 heteroatoms. The minimum atomic E-state index is -0.465. The number of carbonyl (C=O) groups is 1. The molecule has 0 radical (unpaired) electrons. The molecular formula is C18H18N4O5S. The molecule has 0 fully saturated rings. The third-order valence-electron chi connectivity index (χ3n) is 3.92. The van der Waals surface area contributed by atoms with Gasteiger partial charge in [0.15, 0.2) is 16.6 Å². The Balaban J connectivity index is 1.55.